The van der Waals surface area contributed by atoms with Crippen molar-refractivity contribution in [2.24, 2.45) is 10.1 Å². The van der Waals surface area contributed by atoms with Gasteiger partial charge in [0.15, 0.2) is 6.61 Å². The number of nitro groups is 1. The molecule has 0 atom stereocenters. The van der Waals surface area contributed by atoms with Crippen LogP contribution in [0.1, 0.15) is 12.5 Å². The maximum atomic E-state index is 11.8. The van der Waals surface area contributed by atoms with Crippen molar-refractivity contribution in [1.29, 1.82) is 0 Å². The Morgan fingerprint density at radius 2 is 2.00 bits per heavy atom. The Bertz CT molecular complexity index is 1540. The number of rotatable bonds is 5. The minimum atomic E-state index is -0.463. The largest absolute Gasteiger partial charge is 0.482 e. The van der Waals surface area contributed by atoms with Crippen molar-refractivity contribution >= 4 is 40.0 Å². The van der Waals surface area contributed by atoms with Gasteiger partial charge < -0.3 is 10.1 Å². The maximum Gasteiger partial charge on any atom is 0.294 e. The van der Waals surface area contributed by atoms with Gasteiger partial charge in [-0.3, -0.25) is 19.9 Å². The number of nitrogens with one attached hydrogen (secondary N) is 1. The van der Waals surface area contributed by atoms with E-state index in [9.17, 15) is 14.9 Å². The van der Waals surface area contributed by atoms with E-state index in [2.05, 4.69) is 15.3 Å². The zero-order valence-electron chi connectivity index (χ0n) is 18.4. The number of anilines is 1. The molecule has 0 aliphatic carbocycles. The molecule has 11 heteroatoms. The van der Waals surface area contributed by atoms with E-state index in [0.717, 1.165) is 11.1 Å². The third-order valence-corrected chi connectivity index (χ3v) is 6.05. The second-order valence-electron chi connectivity index (χ2n) is 7.54. The molecule has 0 radical (unpaired) electrons. The Hall–Kier alpha value is -4.64. The summed E-state index contributed by atoms with van der Waals surface area (Å²) in [4.78, 5) is 31.9. The first-order chi connectivity index (χ1) is 17.0. The summed E-state index contributed by atoms with van der Waals surface area (Å²) in [6.45, 7) is 1.83. The van der Waals surface area contributed by atoms with E-state index in [1.807, 2.05) is 30.5 Å². The third-order valence-electron chi connectivity index (χ3n) is 5.24. The highest BCUT2D eigenvalue weighted by Crippen LogP contribution is 2.33. The molecule has 0 spiro atoms. The molecule has 174 valence electrons. The molecule has 3 heterocycles. The van der Waals surface area contributed by atoms with Crippen LogP contribution >= 0.6 is 11.3 Å². The van der Waals surface area contributed by atoms with Crippen molar-refractivity contribution in [3.05, 3.63) is 92.9 Å². The summed E-state index contributed by atoms with van der Waals surface area (Å²) in [6.07, 6.45) is 3.36. The second kappa shape index (κ2) is 9.31. The first-order valence-corrected chi connectivity index (χ1v) is 11.4. The highest BCUT2D eigenvalue weighted by atomic mass is 32.1. The number of nitrogens with zero attached hydrogens (tertiary/aromatic N) is 5. The molecule has 10 nitrogen and oxygen atoms in total. The number of carbonyl (C=O) groups excluding carboxylic acids is 1. The van der Waals surface area contributed by atoms with Crippen LogP contribution in [-0.4, -0.2) is 32.8 Å². The van der Waals surface area contributed by atoms with Gasteiger partial charge in [-0.1, -0.05) is 12.1 Å². The van der Waals surface area contributed by atoms with Crippen LogP contribution < -0.4 is 14.9 Å². The number of ether oxygens (including phenoxy) is 1. The molecule has 4 aromatic rings. The molecule has 2 aromatic heterocycles. The van der Waals surface area contributed by atoms with E-state index in [1.165, 1.54) is 17.4 Å². The van der Waals surface area contributed by atoms with Crippen molar-refractivity contribution in [1.82, 2.24) is 9.66 Å². The summed E-state index contributed by atoms with van der Waals surface area (Å²) in [6, 6.07) is 15.4. The Labute approximate surface area is 203 Å². The Morgan fingerprint density at radius 3 is 2.80 bits per heavy atom. The SMILES string of the molecule is CC(=Nn1c(-c2ccc3c(c2)NC(=O)CO3)csc1=Nc1ccccc1[N+](=O)[O-])c1ccncc1. The number of fused-ring (bicyclic) bond motifs is 1. The number of thiazole rings is 1. The van der Waals surface area contributed by atoms with E-state index in [-0.39, 0.29) is 23.9 Å². The molecule has 1 amide bonds. The smallest absolute Gasteiger partial charge is 0.294 e. The van der Waals surface area contributed by atoms with Gasteiger partial charge >= 0.3 is 0 Å². The molecule has 1 N–H and O–H groups in total. The number of para-hydroxylation sites is 2. The molecule has 1 aliphatic heterocycles. The topological polar surface area (TPSA) is 124 Å². The van der Waals surface area contributed by atoms with Gasteiger partial charge in [0.1, 0.15) is 11.4 Å². The lowest BCUT2D eigenvalue weighted by atomic mass is 10.1. The predicted octanol–water partition coefficient (Wildman–Crippen LogP) is 4.36. The van der Waals surface area contributed by atoms with Crippen LogP contribution in [0.3, 0.4) is 0 Å². The molecular formula is C24H18N6O4S. The van der Waals surface area contributed by atoms with Crippen molar-refractivity contribution < 1.29 is 14.5 Å². The minimum Gasteiger partial charge on any atom is -0.482 e. The molecule has 0 fully saturated rings. The number of hydrogen-bond donors (Lipinski definition) is 1. The normalized spacial score (nSPS) is 13.7. The summed E-state index contributed by atoms with van der Waals surface area (Å²) in [5.41, 5.74) is 3.71. The lowest BCUT2D eigenvalue weighted by Crippen LogP contribution is -2.25. The van der Waals surface area contributed by atoms with E-state index < -0.39 is 4.92 Å². The van der Waals surface area contributed by atoms with Crippen molar-refractivity contribution in [3.63, 3.8) is 0 Å². The van der Waals surface area contributed by atoms with E-state index >= 15 is 0 Å². The molecule has 1 aliphatic rings. The fraction of sp³-hybridized carbons (Fsp3) is 0.0833. The maximum absolute atomic E-state index is 11.8. The van der Waals surface area contributed by atoms with Gasteiger partial charge in [0.05, 0.1) is 22.0 Å². The zero-order chi connectivity index (χ0) is 24.4. The highest BCUT2D eigenvalue weighted by Gasteiger charge is 2.19. The van der Waals surface area contributed by atoms with Gasteiger partial charge in [-0.15, -0.1) is 11.3 Å². The fourth-order valence-corrected chi connectivity index (χ4v) is 4.37. The summed E-state index contributed by atoms with van der Waals surface area (Å²) < 4.78 is 7.11. The lowest BCUT2D eigenvalue weighted by Gasteiger charge is -2.18. The van der Waals surface area contributed by atoms with E-state index in [0.29, 0.717) is 27.6 Å². The third kappa shape index (κ3) is 4.57. The minimum absolute atomic E-state index is 0.0287. The Balaban J connectivity index is 1.70. The van der Waals surface area contributed by atoms with E-state index in [4.69, 9.17) is 9.84 Å². The van der Waals surface area contributed by atoms with Crippen LogP contribution in [-0.2, 0) is 4.79 Å². The number of nitro benzene ring substituents is 1. The van der Waals surface area contributed by atoms with Gasteiger partial charge in [-0.25, -0.2) is 9.67 Å². The van der Waals surface area contributed by atoms with Gasteiger partial charge in [0.25, 0.3) is 11.6 Å². The van der Waals surface area contributed by atoms with Crippen LogP contribution in [0.4, 0.5) is 17.1 Å². The number of pyridine rings is 1. The Morgan fingerprint density at radius 1 is 1.20 bits per heavy atom. The standard InChI is InChI=1S/C24H18N6O4S/c1-15(16-8-10-25-11-9-16)28-29-21(17-6-7-22-19(12-17)26-23(31)13-34-22)14-35-24(29)27-18-4-2-3-5-20(18)30(32)33/h2-12,14H,13H2,1H3,(H,26,31). The molecule has 0 saturated carbocycles. The number of aromatic nitrogens is 2. The number of carbonyl (C=O) groups is 1. The summed E-state index contributed by atoms with van der Waals surface area (Å²) in [5, 5.41) is 21.0. The average molecular weight is 487 g/mol. The van der Waals surface area contributed by atoms with Crippen LogP contribution in [0.2, 0.25) is 0 Å². The first kappa shape index (κ1) is 22.2. The highest BCUT2D eigenvalue weighted by molar-refractivity contribution is 7.07. The van der Waals surface area contributed by atoms with Crippen molar-refractivity contribution in [2.45, 2.75) is 6.92 Å². The predicted molar refractivity (Wildman–Crippen MR) is 132 cm³/mol. The van der Waals surface area contributed by atoms with Gasteiger partial charge in [0.2, 0.25) is 4.80 Å². The molecule has 0 bridgehead atoms. The number of benzene rings is 2. The van der Waals surface area contributed by atoms with Gasteiger partial charge in [-0.2, -0.15) is 5.10 Å². The lowest BCUT2D eigenvalue weighted by molar-refractivity contribution is -0.384. The zero-order valence-corrected chi connectivity index (χ0v) is 19.2. The molecule has 0 unspecified atom stereocenters. The van der Waals surface area contributed by atoms with Crippen molar-refractivity contribution in [3.8, 4) is 17.0 Å². The van der Waals surface area contributed by atoms with Crippen molar-refractivity contribution in [2.75, 3.05) is 11.9 Å². The Kier molecular flexibility index (Phi) is 5.90. The quantitative estimate of drug-likeness (QED) is 0.255. The molecule has 0 saturated heterocycles. The monoisotopic (exact) mass is 486 g/mol. The fourth-order valence-electron chi connectivity index (χ4n) is 3.53. The molecule has 5 rings (SSSR count). The second-order valence-corrected chi connectivity index (χ2v) is 8.38. The van der Waals surface area contributed by atoms with Crippen LogP contribution in [0.15, 0.2) is 82.5 Å². The van der Waals surface area contributed by atoms with Gasteiger partial charge in [0, 0.05) is 35.0 Å². The molecule has 2 aromatic carbocycles. The summed E-state index contributed by atoms with van der Waals surface area (Å²) in [7, 11) is 0. The number of amides is 1. The average Bonchev–Trinajstić information content (AvgIpc) is 3.26. The summed E-state index contributed by atoms with van der Waals surface area (Å²) in [5.74, 6) is 0.350. The molecular weight excluding hydrogens is 468 g/mol. The van der Waals surface area contributed by atoms with E-state index in [1.54, 1.807) is 47.4 Å². The first-order valence-electron chi connectivity index (χ1n) is 10.5. The number of hydrogen-bond acceptors (Lipinski definition) is 8. The van der Waals surface area contributed by atoms with Crippen LogP contribution in [0.25, 0.3) is 11.3 Å². The van der Waals surface area contributed by atoms with Gasteiger partial charge in [-0.05, 0) is 43.3 Å². The summed E-state index contributed by atoms with van der Waals surface area (Å²) >= 11 is 1.30. The van der Waals surface area contributed by atoms with Crippen LogP contribution in [0.5, 0.6) is 5.75 Å². The van der Waals surface area contributed by atoms with Crippen LogP contribution in [0, 0.1) is 10.1 Å². The molecule has 35 heavy (non-hydrogen) atoms.